The molecule has 2 rings (SSSR count). The van der Waals surface area contributed by atoms with Crippen LogP contribution in [-0.4, -0.2) is 42.3 Å². The lowest BCUT2D eigenvalue weighted by Gasteiger charge is -2.31. The molecule has 1 heterocycles. The number of esters is 1. The molecule has 132 valence electrons. The maximum atomic E-state index is 12.9. The average molecular weight is 359 g/mol. The van der Waals surface area contributed by atoms with Gasteiger partial charge in [-0.15, -0.1) is 11.3 Å². The molecule has 25 heavy (non-hydrogen) atoms. The molecule has 5 nitrogen and oxygen atoms in total. The number of amides is 1. The summed E-state index contributed by atoms with van der Waals surface area (Å²) in [5.41, 5.74) is 0.499. The number of thiophene rings is 1. The van der Waals surface area contributed by atoms with E-state index in [1.807, 2.05) is 19.9 Å². The third kappa shape index (κ3) is 4.54. The zero-order valence-electron chi connectivity index (χ0n) is 14.5. The van der Waals surface area contributed by atoms with Crippen molar-refractivity contribution in [1.29, 1.82) is 0 Å². The molecule has 0 bridgehead atoms. The van der Waals surface area contributed by atoms with Gasteiger partial charge in [-0.1, -0.05) is 50.2 Å². The maximum absolute atomic E-state index is 12.9. The summed E-state index contributed by atoms with van der Waals surface area (Å²) in [6.45, 7) is 3.46. The lowest BCUT2D eigenvalue weighted by atomic mass is 10.0. The van der Waals surface area contributed by atoms with Crippen molar-refractivity contribution in [2.75, 3.05) is 13.7 Å². The van der Waals surface area contributed by atoms with E-state index >= 15 is 0 Å². The Morgan fingerprint density at radius 2 is 1.76 bits per heavy atom. The quantitative estimate of drug-likeness (QED) is 0.562. The van der Waals surface area contributed by atoms with Gasteiger partial charge in [0.25, 0.3) is 5.91 Å². The number of hydrogen-bond acceptors (Lipinski definition) is 5. The molecule has 0 N–H and O–H groups in total. The predicted octanol–water partition coefficient (Wildman–Crippen LogP) is 3.27. The molecular formula is C19H21NO4S. The largest absolute Gasteiger partial charge is 0.467 e. The van der Waals surface area contributed by atoms with E-state index in [0.29, 0.717) is 10.4 Å². The van der Waals surface area contributed by atoms with Crippen molar-refractivity contribution < 1.29 is 19.1 Å². The third-order valence-corrected chi connectivity index (χ3v) is 4.67. The number of ether oxygens (including phenoxy) is 1. The zero-order chi connectivity index (χ0) is 18.4. The highest BCUT2D eigenvalue weighted by atomic mass is 32.1. The topological polar surface area (TPSA) is 63.7 Å². The van der Waals surface area contributed by atoms with Gasteiger partial charge in [-0.05, 0) is 17.4 Å². The van der Waals surface area contributed by atoms with E-state index in [1.165, 1.54) is 23.3 Å². The Kier molecular flexibility index (Phi) is 6.47. The van der Waals surface area contributed by atoms with E-state index in [2.05, 4.69) is 0 Å². The fourth-order valence-electron chi connectivity index (χ4n) is 2.59. The number of Topliss-reactive ketones (excluding diaryl/α,β-unsaturated/α-hetero) is 1. The standard InChI is InChI=1S/C19H21NO4S/c1-13(2)17(19(23)24-3)20(18(22)16-10-7-11-25-16)12-15(21)14-8-5-4-6-9-14/h4-11,13,17H,12H2,1-3H3. The van der Waals surface area contributed by atoms with Crippen LogP contribution in [0.5, 0.6) is 0 Å². The number of hydrogen-bond donors (Lipinski definition) is 0. The van der Waals surface area contributed by atoms with Crippen LogP contribution in [0, 0.1) is 5.92 Å². The van der Waals surface area contributed by atoms with Gasteiger partial charge in [0.1, 0.15) is 6.04 Å². The van der Waals surface area contributed by atoms with Gasteiger partial charge in [-0.3, -0.25) is 9.59 Å². The number of carbonyl (C=O) groups excluding carboxylic acids is 3. The van der Waals surface area contributed by atoms with Crippen LogP contribution >= 0.6 is 11.3 Å². The minimum absolute atomic E-state index is 0.182. The van der Waals surface area contributed by atoms with Crippen molar-refractivity contribution in [1.82, 2.24) is 4.90 Å². The fraction of sp³-hybridized carbons (Fsp3) is 0.316. The lowest BCUT2D eigenvalue weighted by Crippen LogP contribution is -2.50. The molecule has 0 aliphatic rings. The second kappa shape index (κ2) is 8.58. The molecule has 0 aliphatic carbocycles. The number of benzene rings is 1. The van der Waals surface area contributed by atoms with Crippen LogP contribution in [0.1, 0.15) is 33.9 Å². The summed E-state index contributed by atoms with van der Waals surface area (Å²) in [5, 5.41) is 1.78. The minimum Gasteiger partial charge on any atom is -0.467 e. The molecule has 1 unspecified atom stereocenters. The molecule has 1 aromatic heterocycles. The smallest absolute Gasteiger partial charge is 0.328 e. The summed E-state index contributed by atoms with van der Waals surface area (Å²) in [6.07, 6.45) is 0. The second-order valence-corrected chi connectivity index (χ2v) is 6.86. The van der Waals surface area contributed by atoms with Crippen LogP contribution in [0.25, 0.3) is 0 Å². The third-order valence-electron chi connectivity index (χ3n) is 3.81. The molecular weight excluding hydrogens is 338 g/mol. The van der Waals surface area contributed by atoms with Gasteiger partial charge in [0.2, 0.25) is 0 Å². The van der Waals surface area contributed by atoms with Crippen molar-refractivity contribution >= 4 is 29.0 Å². The minimum atomic E-state index is -0.827. The van der Waals surface area contributed by atoms with E-state index in [4.69, 9.17) is 4.74 Å². The number of rotatable bonds is 7. The molecule has 0 saturated carbocycles. The van der Waals surface area contributed by atoms with Gasteiger partial charge in [0, 0.05) is 5.56 Å². The highest BCUT2D eigenvalue weighted by molar-refractivity contribution is 7.12. The Morgan fingerprint density at radius 3 is 2.28 bits per heavy atom. The van der Waals surface area contributed by atoms with Gasteiger partial charge >= 0.3 is 5.97 Å². The van der Waals surface area contributed by atoms with E-state index in [-0.39, 0.29) is 24.2 Å². The summed E-state index contributed by atoms with van der Waals surface area (Å²) in [6, 6.07) is 11.3. The molecule has 2 aromatic rings. The number of ketones is 1. The number of methoxy groups -OCH3 is 1. The highest BCUT2D eigenvalue weighted by Crippen LogP contribution is 2.20. The first kappa shape index (κ1) is 18.9. The molecule has 0 radical (unpaired) electrons. The zero-order valence-corrected chi connectivity index (χ0v) is 15.3. The molecule has 0 fully saturated rings. The van der Waals surface area contributed by atoms with Crippen LogP contribution in [0.2, 0.25) is 0 Å². The van der Waals surface area contributed by atoms with Crippen molar-refractivity contribution in [2.45, 2.75) is 19.9 Å². The first-order valence-corrected chi connectivity index (χ1v) is 8.84. The van der Waals surface area contributed by atoms with E-state index in [1.54, 1.807) is 41.8 Å². The molecule has 0 saturated heterocycles. The van der Waals surface area contributed by atoms with Crippen LogP contribution in [0.15, 0.2) is 47.8 Å². The van der Waals surface area contributed by atoms with Crippen molar-refractivity contribution in [3.63, 3.8) is 0 Å². The Balaban J connectivity index is 2.36. The molecule has 0 spiro atoms. The Morgan fingerprint density at radius 1 is 1.08 bits per heavy atom. The molecule has 1 aromatic carbocycles. The fourth-order valence-corrected chi connectivity index (χ4v) is 3.27. The summed E-state index contributed by atoms with van der Waals surface area (Å²) in [5.74, 6) is -1.29. The normalized spacial score (nSPS) is 11.8. The second-order valence-electron chi connectivity index (χ2n) is 5.91. The van der Waals surface area contributed by atoms with Gasteiger partial charge in [0.15, 0.2) is 5.78 Å². The lowest BCUT2D eigenvalue weighted by molar-refractivity contribution is -0.147. The number of carbonyl (C=O) groups is 3. The summed E-state index contributed by atoms with van der Waals surface area (Å²) in [4.78, 5) is 39.6. The van der Waals surface area contributed by atoms with Crippen molar-refractivity contribution in [2.24, 2.45) is 5.92 Å². The molecule has 1 atom stereocenters. The predicted molar refractivity (Wildman–Crippen MR) is 96.8 cm³/mol. The van der Waals surface area contributed by atoms with Gasteiger partial charge < -0.3 is 9.64 Å². The van der Waals surface area contributed by atoms with Crippen molar-refractivity contribution in [3.8, 4) is 0 Å². The van der Waals surface area contributed by atoms with Crippen LogP contribution in [0.3, 0.4) is 0 Å². The first-order valence-electron chi connectivity index (χ1n) is 7.96. The first-order chi connectivity index (χ1) is 12.0. The van der Waals surface area contributed by atoms with Gasteiger partial charge in [-0.25, -0.2) is 4.79 Å². The monoisotopic (exact) mass is 359 g/mol. The molecule has 1 amide bonds. The average Bonchev–Trinajstić information content (AvgIpc) is 3.15. The van der Waals surface area contributed by atoms with E-state index < -0.39 is 12.0 Å². The van der Waals surface area contributed by atoms with Crippen LogP contribution < -0.4 is 0 Å². The maximum Gasteiger partial charge on any atom is 0.328 e. The van der Waals surface area contributed by atoms with Crippen LogP contribution in [0.4, 0.5) is 0 Å². The van der Waals surface area contributed by atoms with E-state index in [9.17, 15) is 14.4 Å². The van der Waals surface area contributed by atoms with Gasteiger partial charge in [-0.2, -0.15) is 0 Å². The summed E-state index contributed by atoms with van der Waals surface area (Å²) < 4.78 is 4.87. The van der Waals surface area contributed by atoms with Crippen molar-refractivity contribution in [3.05, 3.63) is 58.3 Å². The Bertz CT molecular complexity index is 725. The molecule has 6 heteroatoms. The Labute approximate surface area is 151 Å². The Hall–Kier alpha value is -2.47. The summed E-state index contributed by atoms with van der Waals surface area (Å²) >= 11 is 1.28. The highest BCUT2D eigenvalue weighted by Gasteiger charge is 2.35. The molecule has 0 aliphatic heterocycles. The number of nitrogens with zero attached hydrogens (tertiary/aromatic N) is 1. The summed E-state index contributed by atoms with van der Waals surface area (Å²) in [7, 11) is 1.28. The van der Waals surface area contributed by atoms with E-state index in [0.717, 1.165) is 0 Å². The SMILES string of the molecule is COC(=O)C(C(C)C)N(CC(=O)c1ccccc1)C(=O)c1cccs1. The van der Waals surface area contributed by atoms with Gasteiger partial charge in [0.05, 0.1) is 18.5 Å². The van der Waals surface area contributed by atoms with Crippen LogP contribution in [-0.2, 0) is 9.53 Å².